The van der Waals surface area contributed by atoms with Gasteiger partial charge < -0.3 is 0 Å². The van der Waals surface area contributed by atoms with E-state index in [0.717, 1.165) is 36.5 Å². The lowest BCUT2D eigenvalue weighted by molar-refractivity contribution is 0.155. The summed E-state index contributed by atoms with van der Waals surface area (Å²) in [4.78, 5) is 0. The summed E-state index contributed by atoms with van der Waals surface area (Å²) in [5.41, 5.74) is 0.449. The minimum Gasteiger partial charge on any atom is -0.247 e. The summed E-state index contributed by atoms with van der Waals surface area (Å²) < 4.78 is 14.9. The van der Waals surface area contributed by atoms with Crippen LogP contribution in [0.5, 0.6) is 0 Å². The second kappa shape index (κ2) is 19.8. The van der Waals surface area contributed by atoms with Crippen molar-refractivity contribution in [3.63, 3.8) is 0 Å². The molecule has 0 rings (SSSR count). The fourth-order valence-corrected chi connectivity index (χ4v) is 4.91. The van der Waals surface area contributed by atoms with E-state index >= 15 is 0 Å². The summed E-state index contributed by atoms with van der Waals surface area (Å²) in [6.45, 7) is 31.8. The van der Waals surface area contributed by atoms with Crippen LogP contribution in [-0.2, 0) is 0 Å². The van der Waals surface area contributed by atoms with E-state index in [1.54, 1.807) is 0 Å². The molecule has 0 bridgehead atoms. The van der Waals surface area contributed by atoms with Gasteiger partial charge in [0.2, 0.25) is 0 Å². The Labute approximate surface area is 217 Å². The quantitative estimate of drug-likeness (QED) is 0.160. The number of alkyl halides is 1. The zero-order chi connectivity index (χ0) is 26.9. The summed E-state index contributed by atoms with van der Waals surface area (Å²) in [5, 5.41) is 0. The molecular formula is C33H67F. The lowest BCUT2D eigenvalue weighted by Crippen LogP contribution is -2.22. The molecule has 6 atom stereocenters. The van der Waals surface area contributed by atoms with Crippen LogP contribution in [0, 0.1) is 46.8 Å². The Bertz CT molecular complexity index is 451. The van der Waals surface area contributed by atoms with Crippen LogP contribution in [0.15, 0.2) is 13.2 Å². The third-order valence-electron chi connectivity index (χ3n) is 8.78. The largest absolute Gasteiger partial charge is 0.247 e. The third kappa shape index (κ3) is 18.0. The molecule has 0 radical (unpaired) electrons. The van der Waals surface area contributed by atoms with Crippen LogP contribution < -0.4 is 0 Å². The van der Waals surface area contributed by atoms with Crippen LogP contribution in [0.2, 0.25) is 0 Å². The van der Waals surface area contributed by atoms with Crippen LogP contribution >= 0.6 is 0 Å². The molecule has 0 aromatic carbocycles. The average Bonchev–Trinajstić information content (AvgIpc) is 2.78. The maximum atomic E-state index is 14.9. The molecule has 0 amide bonds. The fourth-order valence-electron chi connectivity index (χ4n) is 4.91. The van der Waals surface area contributed by atoms with Crippen molar-refractivity contribution in [2.75, 3.05) is 0 Å². The van der Waals surface area contributed by atoms with Gasteiger partial charge in [0.1, 0.15) is 6.17 Å². The Morgan fingerprint density at radius 3 is 1.56 bits per heavy atom. The Morgan fingerprint density at radius 2 is 1.03 bits per heavy atom. The van der Waals surface area contributed by atoms with Crippen LogP contribution in [0.25, 0.3) is 0 Å². The first kappa shape index (κ1) is 35.8. The molecule has 0 aliphatic rings. The predicted molar refractivity (Wildman–Crippen MR) is 156 cm³/mol. The smallest absolute Gasteiger partial charge is 0.103 e. The van der Waals surface area contributed by atoms with Crippen molar-refractivity contribution < 1.29 is 4.39 Å². The summed E-state index contributed by atoms with van der Waals surface area (Å²) in [5.74, 6) is 4.49. The Kier molecular flexibility index (Phi) is 20.9. The Morgan fingerprint density at radius 1 is 0.588 bits per heavy atom. The molecule has 0 saturated carbocycles. The van der Waals surface area contributed by atoms with E-state index < -0.39 is 6.17 Å². The molecule has 0 nitrogen and oxygen atoms in total. The van der Waals surface area contributed by atoms with Gasteiger partial charge in [-0.25, -0.2) is 4.39 Å². The first-order valence-corrected chi connectivity index (χ1v) is 14.9. The van der Waals surface area contributed by atoms with Gasteiger partial charge in [0, 0.05) is 0 Å². The van der Waals surface area contributed by atoms with E-state index in [1.165, 1.54) is 57.8 Å². The molecule has 0 spiro atoms. The van der Waals surface area contributed by atoms with E-state index in [-0.39, 0.29) is 5.92 Å². The molecular weight excluding hydrogens is 415 g/mol. The Balaban J connectivity index is 0. The van der Waals surface area contributed by atoms with Crippen molar-refractivity contribution in [3.05, 3.63) is 13.2 Å². The van der Waals surface area contributed by atoms with Crippen LogP contribution in [0.3, 0.4) is 0 Å². The van der Waals surface area contributed by atoms with E-state index in [0.29, 0.717) is 17.3 Å². The highest BCUT2D eigenvalue weighted by Gasteiger charge is 2.26. The summed E-state index contributed by atoms with van der Waals surface area (Å²) in [6.07, 6.45) is 12.8. The molecule has 6 unspecified atom stereocenters. The highest BCUT2D eigenvalue weighted by molar-refractivity contribution is 4.77. The Hall–Kier alpha value is -0.330. The van der Waals surface area contributed by atoms with Crippen molar-refractivity contribution in [1.82, 2.24) is 0 Å². The van der Waals surface area contributed by atoms with Gasteiger partial charge in [0.15, 0.2) is 0 Å². The molecule has 1 heteroatoms. The van der Waals surface area contributed by atoms with Crippen molar-refractivity contribution in [2.45, 2.75) is 153 Å². The maximum Gasteiger partial charge on any atom is 0.103 e. The SMILES string of the molecule is C=C.CC(C)CCC(C)CCC(F)C(C)C(C)CCC(C)CCCC(C)(C)C(C)CCC(C)C. The van der Waals surface area contributed by atoms with E-state index in [1.807, 2.05) is 0 Å². The molecule has 34 heavy (non-hydrogen) atoms. The topological polar surface area (TPSA) is 0 Å². The molecule has 0 N–H and O–H groups in total. The van der Waals surface area contributed by atoms with Crippen molar-refractivity contribution in [2.24, 2.45) is 46.8 Å². The molecule has 0 heterocycles. The van der Waals surface area contributed by atoms with Gasteiger partial charge in [-0.05, 0) is 72.5 Å². The molecule has 0 fully saturated rings. The summed E-state index contributed by atoms with van der Waals surface area (Å²) >= 11 is 0. The fraction of sp³-hybridized carbons (Fsp3) is 0.939. The molecule has 0 aliphatic carbocycles. The van der Waals surface area contributed by atoms with Gasteiger partial charge in [0.25, 0.3) is 0 Å². The molecule has 0 saturated heterocycles. The molecule has 0 aromatic rings. The molecule has 0 aliphatic heterocycles. The van der Waals surface area contributed by atoms with Crippen molar-refractivity contribution in [1.29, 1.82) is 0 Å². The number of hydrogen-bond acceptors (Lipinski definition) is 0. The summed E-state index contributed by atoms with van der Waals surface area (Å²) in [7, 11) is 0. The van der Waals surface area contributed by atoms with Crippen LogP contribution in [0.1, 0.15) is 147 Å². The first-order chi connectivity index (χ1) is 15.8. The standard InChI is InChI=1S/C31H63F.C2H4/c1-23(2)14-16-26(6)18-21-30(32)29(9)27(7)19-17-25(5)13-12-22-31(10,11)28(8)20-15-24(3)4;1-2/h23-30H,12-22H2,1-11H3;1-2H2. The van der Waals surface area contributed by atoms with Gasteiger partial charge in [0.05, 0.1) is 0 Å². The molecule has 206 valence electrons. The van der Waals surface area contributed by atoms with Gasteiger partial charge in [-0.1, -0.05) is 121 Å². The third-order valence-corrected chi connectivity index (χ3v) is 8.78. The zero-order valence-corrected chi connectivity index (χ0v) is 25.7. The lowest BCUT2D eigenvalue weighted by atomic mass is 9.73. The monoisotopic (exact) mass is 483 g/mol. The first-order valence-electron chi connectivity index (χ1n) is 14.9. The van der Waals surface area contributed by atoms with E-state index in [2.05, 4.69) is 89.3 Å². The zero-order valence-electron chi connectivity index (χ0n) is 25.7. The second-order valence-electron chi connectivity index (χ2n) is 13.4. The van der Waals surface area contributed by atoms with Gasteiger partial charge >= 0.3 is 0 Å². The van der Waals surface area contributed by atoms with Crippen LogP contribution in [-0.4, -0.2) is 6.17 Å². The van der Waals surface area contributed by atoms with E-state index in [4.69, 9.17) is 0 Å². The van der Waals surface area contributed by atoms with Gasteiger partial charge in [-0.3, -0.25) is 0 Å². The maximum absolute atomic E-state index is 14.9. The molecule has 0 aromatic heterocycles. The number of rotatable bonds is 19. The average molecular weight is 483 g/mol. The minimum atomic E-state index is -0.630. The normalized spacial score (nSPS) is 17.6. The number of halogens is 1. The highest BCUT2D eigenvalue weighted by atomic mass is 19.1. The second-order valence-corrected chi connectivity index (χ2v) is 13.4. The highest BCUT2D eigenvalue weighted by Crippen LogP contribution is 2.37. The predicted octanol–water partition coefficient (Wildman–Crippen LogP) is 11.9. The number of hydrogen-bond donors (Lipinski definition) is 0. The van der Waals surface area contributed by atoms with Gasteiger partial charge in [-0.2, -0.15) is 0 Å². The van der Waals surface area contributed by atoms with Crippen LogP contribution in [0.4, 0.5) is 4.39 Å². The van der Waals surface area contributed by atoms with Crippen molar-refractivity contribution in [3.8, 4) is 0 Å². The van der Waals surface area contributed by atoms with Gasteiger partial charge in [-0.15, -0.1) is 13.2 Å². The van der Waals surface area contributed by atoms with E-state index in [9.17, 15) is 4.39 Å². The lowest BCUT2D eigenvalue weighted by Gasteiger charge is -2.33. The minimum absolute atomic E-state index is 0.195. The van der Waals surface area contributed by atoms with Crippen molar-refractivity contribution >= 4 is 0 Å². The summed E-state index contributed by atoms with van der Waals surface area (Å²) in [6, 6.07) is 0.